The van der Waals surface area contributed by atoms with Crippen LogP contribution in [0.2, 0.25) is 0 Å². The summed E-state index contributed by atoms with van der Waals surface area (Å²) in [5, 5.41) is 14.7. The van der Waals surface area contributed by atoms with E-state index >= 15 is 0 Å². The molecule has 1 aliphatic rings. The van der Waals surface area contributed by atoms with Crippen molar-refractivity contribution in [2.75, 3.05) is 27.2 Å². The Labute approximate surface area is 129 Å². The zero-order chi connectivity index (χ0) is 15.5. The third-order valence-corrected chi connectivity index (χ3v) is 4.24. The van der Waals surface area contributed by atoms with Crippen molar-refractivity contribution in [2.24, 2.45) is 0 Å². The van der Waals surface area contributed by atoms with Crippen LogP contribution in [0.1, 0.15) is 18.0 Å². The summed E-state index contributed by atoms with van der Waals surface area (Å²) in [6.45, 7) is 1.40. The van der Waals surface area contributed by atoms with Crippen LogP contribution in [-0.4, -0.2) is 74.1 Å². The van der Waals surface area contributed by atoms with Crippen molar-refractivity contribution in [1.29, 1.82) is 0 Å². The van der Waals surface area contributed by atoms with Gasteiger partial charge in [-0.2, -0.15) is 5.10 Å². The topological polar surface area (TPSA) is 82.9 Å². The number of nitrogens with zero attached hydrogens (tertiary/aromatic N) is 6. The number of hydrogen-bond donors (Lipinski definition) is 1. The van der Waals surface area contributed by atoms with Crippen LogP contribution >= 0.6 is 0 Å². The number of rotatable bonds is 5. The summed E-state index contributed by atoms with van der Waals surface area (Å²) in [5.41, 5.74) is 1.06. The zero-order valence-corrected chi connectivity index (χ0v) is 12.9. The van der Waals surface area contributed by atoms with Gasteiger partial charge in [-0.3, -0.25) is 9.89 Å². The molecule has 1 saturated heterocycles. The first-order chi connectivity index (χ1) is 10.6. The largest absolute Gasteiger partial charge is 0.339 e. The van der Waals surface area contributed by atoms with E-state index in [1.165, 1.54) is 0 Å². The van der Waals surface area contributed by atoms with Crippen LogP contribution < -0.4 is 0 Å². The van der Waals surface area contributed by atoms with E-state index < -0.39 is 0 Å². The smallest absolute Gasteiger partial charge is 0.223 e. The van der Waals surface area contributed by atoms with Crippen molar-refractivity contribution in [3.05, 3.63) is 30.4 Å². The lowest BCUT2D eigenvalue weighted by Gasteiger charge is -2.24. The maximum Gasteiger partial charge on any atom is 0.223 e. The summed E-state index contributed by atoms with van der Waals surface area (Å²) in [7, 11) is 4.07. The normalized spacial score (nSPS) is 21.7. The molecule has 1 fully saturated rings. The number of hydrogen-bond acceptors (Lipinski definition) is 5. The second-order valence-corrected chi connectivity index (χ2v) is 5.89. The summed E-state index contributed by atoms with van der Waals surface area (Å²) in [6, 6.07) is 0.398. The molecule has 0 radical (unpaired) electrons. The van der Waals surface area contributed by atoms with E-state index in [0.29, 0.717) is 19.4 Å². The zero-order valence-electron chi connectivity index (χ0n) is 12.9. The Morgan fingerprint density at radius 1 is 1.45 bits per heavy atom. The number of amides is 1. The predicted molar refractivity (Wildman–Crippen MR) is 80.0 cm³/mol. The number of likely N-dealkylation sites (N-methyl/N-ethyl adjacent to an activating group) is 1. The third kappa shape index (κ3) is 3.01. The average molecular weight is 303 g/mol. The molecule has 1 N–H and O–H groups in total. The molecule has 0 aliphatic carbocycles. The van der Waals surface area contributed by atoms with Crippen LogP contribution in [-0.2, 0) is 11.2 Å². The fourth-order valence-corrected chi connectivity index (χ4v) is 2.96. The molecule has 0 spiro atoms. The number of aromatic nitrogens is 5. The van der Waals surface area contributed by atoms with Gasteiger partial charge in [0.25, 0.3) is 0 Å². The standard InChI is InChI=1S/C14H21N7O/c1-19(2)12-9-20(10-13(12)21-6-5-15-18-21)14(22)4-3-11-7-16-17-8-11/h5-8,12-13H,3-4,9-10H2,1-2H3,(H,16,17)/t12-,13+/m1/s1. The lowest BCUT2D eigenvalue weighted by atomic mass is 10.1. The number of H-pyrrole nitrogens is 1. The fourth-order valence-electron chi connectivity index (χ4n) is 2.96. The van der Waals surface area contributed by atoms with Crippen molar-refractivity contribution >= 4 is 5.91 Å². The monoisotopic (exact) mass is 303 g/mol. The lowest BCUT2D eigenvalue weighted by molar-refractivity contribution is -0.130. The molecular formula is C14H21N7O. The van der Waals surface area contributed by atoms with E-state index in [2.05, 4.69) is 25.4 Å². The number of aryl methyl sites for hydroxylation is 1. The highest BCUT2D eigenvalue weighted by Crippen LogP contribution is 2.25. The number of aromatic amines is 1. The second-order valence-electron chi connectivity index (χ2n) is 5.89. The molecule has 2 aromatic heterocycles. The Morgan fingerprint density at radius 3 is 2.95 bits per heavy atom. The molecule has 118 valence electrons. The van der Waals surface area contributed by atoms with Crippen molar-refractivity contribution < 1.29 is 4.79 Å². The van der Waals surface area contributed by atoms with Gasteiger partial charge in [-0.05, 0) is 26.1 Å². The Balaban J connectivity index is 1.64. The lowest BCUT2D eigenvalue weighted by Crippen LogP contribution is -2.37. The highest BCUT2D eigenvalue weighted by atomic mass is 16.2. The summed E-state index contributed by atoms with van der Waals surface area (Å²) in [5.74, 6) is 0.177. The highest BCUT2D eigenvalue weighted by Gasteiger charge is 2.37. The van der Waals surface area contributed by atoms with Crippen LogP contribution in [0, 0.1) is 0 Å². The maximum atomic E-state index is 12.5. The summed E-state index contributed by atoms with van der Waals surface area (Å²) in [6.07, 6.45) is 8.35. The van der Waals surface area contributed by atoms with Crippen LogP contribution in [0.15, 0.2) is 24.8 Å². The Hall–Kier alpha value is -2.22. The summed E-state index contributed by atoms with van der Waals surface area (Å²) >= 11 is 0. The summed E-state index contributed by atoms with van der Waals surface area (Å²) in [4.78, 5) is 16.5. The van der Waals surface area contributed by atoms with Crippen LogP contribution in [0.3, 0.4) is 0 Å². The fraction of sp³-hybridized carbons (Fsp3) is 0.571. The van der Waals surface area contributed by atoms with Crippen molar-refractivity contribution in [3.8, 4) is 0 Å². The molecule has 22 heavy (non-hydrogen) atoms. The van der Waals surface area contributed by atoms with Gasteiger partial charge in [0.15, 0.2) is 0 Å². The Morgan fingerprint density at radius 2 is 2.32 bits per heavy atom. The van der Waals surface area contributed by atoms with E-state index in [0.717, 1.165) is 12.1 Å². The Bertz CT molecular complexity index is 593. The van der Waals surface area contributed by atoms with Gasteiger partial charge in [-0.15, -0.1) is 5.10 Å². The first kappa shape index (κ1) is 14.7. The maximum absolute atomic E-state index is 12.5. The molecule has 2 atom stereocenters. The quantitative estimate of drug-likeness (QED) is 0.837. The molecule has 3 rings (SSSR count). The molecule has 0 aromatic carbocycles. The first-order valence-electron chi connectivity index (χ1n) is 7.43. The SMILES string of the molecule is CN(C)[C@@H]1CN(C(=O)CCc2cn[nH]c2)C[C@@H]1n1ccnn1. The van der Waals surface area contributed by atoms with Gasteiger partial charge >= 0.3 is 0 Å². The van der Waals surface area contributed by atoms with Crippen LogP contribution in [0.4, 0.5) is 0 Å². The number of carbonyl (C=O) groups excluding carboxylic acids is 1. The highest BCUT2D eigenvalue weighted by molar-refractivity contribution is 5.77. The molecule has 0 saturated carbocycles. The minimum atomic E-state index is 0.148. The van der Waals surface area contributed by atoms with Gasteiger partial charge in [0.1, 0.15) is 0 Å². The molecule has 2 aromatic rings. The third-order valence-electron chi connectivity index (χ3n) is 4.24. The minimum Gasteiger partial charge on any atom is -0.339 e. The first-order valence-corrected chi connectivity index (χ1v) is 7.43. The van der Waals surface area contributed by atoms with E-state index in [4.69, 9.17) is 0 Å². The van der Waals surface area contributed by atoms with Crippen molar-refractivity contribution in [3.63, 3.8) is 0 Å². The molecule has 8 heteroatoms. The van der Waals surface area contributed by atoms with Gasteiger partial charge in [0.05, 0.1) is 24.5 Å². The molecule has 0 bridgehead atoms. The molecule has 1 aliphatic heterocycles. The predicted octanol–water partition coefficient (Wildman–Crippen LogP) is -0.0525. The van der Waals surface area contributed by atoms with Gasteiger partial charge in [0, 0.05) is 31.9 Å². The molecule has 3 heterocycles. The molecule has 8 nitrogen and oxygen atoms in total. The van der Waals surface area contributed by atoms with Crippen molar-refractivity contribution in [2.45, 2.75) is 24.9 Å². The van der Waals surface area contributed by atoms with Gasteiger partial charge < -0.3 is 9.80 Å². The van der Waals surface area contributed by atoms with E-state index in [-0.39, 0.29) is 18.0 Å². The number of carbonyl (C=O) groups is 1. The van der Waals surface area contributed by atoms with E-state index in [9.17, 15) is 4.79 Å². The van der Waals surface area contributed by atoms with E-state index in [1.54, 1.807) is 12.4 Å². The minimum absolute atomic E-state index is 0.148. The van der Waals surface area contributed by atoms with Gasteiger partial charge in [-0.1, -0.05) is 5.21 Å². The van der Waals surface area contributed by atoms with Crippen molar-refractivity contribution in [1.82, 2.24) is 35.0 Å². The molecule has 1 amide bonds. The number of nitrogens with one attached hydrogen (secondary N) is 1. The molecule has 0 unspecified atom stereocenters. The number of likely N-dealkylation sites (tertiary alicyclic amines) is 1. The summed E-state index contributed by atoms with van der Waals surface area (Å²) < 4.78 is 1.86. The van der Waals surface area contributed by atoms with Crippen LogP contribution in [0.5, 0.6) is 0 Å². The van der Waals surface area contributed by atoms with Gasteiger partial charge in [-0.25, -0.2) is 4.68 Å². The van der Waals surface area contributed by atoms with Gasteiger partial charge in [0.2, 0.25) is 5.91 Å². The average Bonchev–Trinajstić information content (AvgIpc) is 3.23. The Kier molecular flexibility index (Phi) is 4.19. The second kappa shape index (κ2) is 6.27. The molecular weight excluding hydrogens is 282 g/mol. The van der Waals surface area contributed by atoms with E-state index in [1.807, 2.05) is 36.1 Å². The van der Waals surface area contributed by atoms with Crippen LogP contribution in [0.25, 0.3) is 0 Å².